The van der Waals surface area contributed by atoms with Crippen LogP contribution >= 0.6 is 0 Å². The van der Waals surface area contributed by atoms with Gasteiger partial charge in [-0.1, -0.05) is 108 Å². The molecule has 181 valence electrons. The van der Waals surface area contributed by atoms with Crippen molar-refractivity contribution < 1.29 is 22.4 Å². The molecule has 0 aliphatic carbocycles. The standard InChI is InChI=1S/C19H15N2.C13H10N.Au/c1-3-9-16(10-4-1)20-15-21(17-11-5-2-6-12-17)19-14-8-7-13-18(19)20;1-3-7-12-10(5-1)9-11-6-2-4-8-13(11)14-12;/h1-15H;1-8H,9H2;/q2*-1;. The molecule has 2 aliphatic heterocycles. The molecule has 0 saturated carbocycles. The molecule has 4 heteroatoms. The smallest absolute Gasteiger partial charge is 0.0345 e. The van der Waals surface area contributed by atoms with E-state index in [0.29, 0.717) is 0 Å². The summed E-state index contributed by atoms with van der Waals surface area (Å²) in [5.41, 5.74) is 9.63. The van der Waals surface area contributed by atoms with Crippen LogP contribution in [0.15, 0.2) is 133 Å². The number of fused-ring (bicyclic) bond motifs is 3. The summed E-state index contributed by atoms with van der Waals surface area (Å²) in [6.45, 7) is 2.15. The van der Waals surface area contributed by atoms with E-state index in [1.54, 1.807) is 0 Å². The molecule has 0 amide bonds. The Morgan fingerprint density at radius 1 is 0.472 bits per heavy atom. The summed E-state index contributed by atoms with van der Waals surface area (Å²) in [4.78, 5) is 4.45. The van der Waals surface area contributed by atoms with Gasteiger partial charge in [0.1, 0.15) is 0 Å². The third-order valence-electron chi connectivity index (χ3n) is 6.31. The Bertz CT molecular complexity index is 1280. The first-order valence-corrected chi connectivity index (χ1v) is 11.9. The van der Waals surface area contributed by atoms with E-state index < -0.39 is 0 Å². The van der Waals surface area contributed by atoms with E-state index in [9.17, 15) is 0 Å². The van der Waals surface area contributed by atoms with Crippen molar-refractivity contribution in [3.8, 4) is 0 Å². The summed E-state index contributed by atoms with van der Waals surface area (Å²) in [7, 11) is 0. The van der Waals surface area contributed by atoms with Crippen LogP contribution in [0.4, 0.5) is 34.1 Å². The van der Waals surface area contributed by atoms with Gasteiger partial charge in [-0.15, -0.1) is 18.0 Å². The first kappa shape index (κ1) is 24.0. The van der Waals surface area contributed by atoms with Crippen molar-refractivity contribution in [3.63, 3.8) is 0 Å². The van der Waals surface area contributed by atoms with Crippen molar-refractivity contribution in [2.45, 2.75) is 6.42 Å². The van der Waals surface area contributed by atoms with Gasteiger partial charge in [0.2, 0.25) is 0 Å². The summed E-state index contributed by atoms with van der Waals surface area (Å²) in [6, 6.07) is 46.0. The quantitative estimate of drug-likeness (QED) is 0.138. The fraction of sp³-hybridized carbons (Fsp3) is 0.0312. The van der Waals surface area contributed by atoms with Gasteiger partial charge in [-0.05, 0) is 42.8 Å². The Hall–Kier alpha value is -3.76. The molecule has 36 heavy (non-hydrogen) atoms. The zero-order chi connectivity index (χ0) is 23.5. The van der Waals surface area contributed by atoms with Crippen LogP contribution in [0.25, 0.3) is 5.32 Å². The molecular formula is C32H25AuN3-2. The molecule has 2 heterocycles. The minimum Gasteiger partial charge on any atom is -0.657 e. The molecule has 7 rings (SSSR count). The van der Waals surface area contributed by atoms with Crippen molar-refractivity contribution in [2.75, 3.05) is 9.80 Å². The van der Waals surface area contributed by atoms with E-state index in [1.807, 2.05) is 24.3 Å². The average Bonchev–Trinajstić information content (AvgIpc) is 3.33. The van der Waals surface area contributed by atoms with Crippen LogP contribution in [-0.4, -0.2) is 0 Å². The van der Waals surface area contributed by atoms with Gasteiger partial charge in [0.05, 0.1) is 0 Å². The summed E-state index contributed by atoms with van der Waals surface area (Å²) in [5.74, 6) is 0. The fourth-order valence-electron chi connectivity index (χ4n) is 4.57. The number of rotatable bonds is 2. The monoisotopic (exact) mass is 648 g/mol. The summed E-state index contributed by atoms with van der Waals surface area (Å²) >= 11 is 0. The van der Waals surface area contributed by atoms with Gasteiger partial charge in [-0.25, -0.2) is 0 Å². The molecule has 5 aromatic carbocycles. The summed E-state index contributed by atoms with van der Waals surface area (Å²) in [6.07, 6.45) is 1.01. The second-order valence-electron chi connectivity index (χ2n) is 8.56. The molecule has 0 bridgehead atoms. The average molecular weight is 649 g/mol. The predicted molar refractivity (Wildman–Crippen MR) is 146 cm³/mol. The number of hydrogen-bond donors (Lipinski definition) is 0. The van der Waals surface area contributed by atoms with Crippen molar-refractivity contribution in [1.82, 2.24) is 0 Å². The van der Waals surface area contributed by atoms with Crippen LogP contribution in [0.3, 0.4) is 0 Å². The predicted octanol–water partition coefficient (Wildman–Crippen LogP) is 9.02. The third kappa shape index (κ3) is 4.82. The van der Waals surface area contributed by atoms with E-state index >= 15 is 0 Å². The van der Waals surface area contributed by atoms with E-state index in [-0.39, 0.29) is 22.4 Å². The first-order valence-electron chi connectivity index (χ1n) is 11.9. The van der Waals surface area contributed by atoms with E-state index in [4.69, 9.17) is 0 Å². The van der Waals surface area contributed by atoms with Crippen LogP contribution in [0.5, 0.6) is 0 Å². The molecule has 1 radical (unpaired) electrons. The van der Waals surface area contributed by atoms with E-state index in [1.165, 1.54) is 33.9 Å². The number of nitrogens with zero attached hydrogens (tertiary/aromatic N) is 3. The summed E-state index contributed by atoms with van der Waals surface area (Å²) < 4.78 is 0. The number of benzene rings is 5. The topological polar surface area (TPSA) is 20.6 Å². The SMILES string of the molecule is [Au].c1ccc(N2[CH-]N(c3ccccc3)c3ccccc32)cc1.c1ccc2c(c1)Cc1ccccc1[N-]2. The van der Waals surface area contributed by atoms with Crippen LogP contribution in [0, 0.1) is 6.67 Å². The third-order valence-corrected chi connectivity index (χ3v) is 6.31. The molecule has 0 saturated heterocycles. The van der Waals surface area contributed by atoms with E-state index in [0.717, 1.165) is 17.8 Å². The molecule has 3 nitrogen and oxygen atoms in total. The molecule has 0 fully saturated rings. The molecule has 0 unspecified atom stereocenters. The molecule has 2 aliphatic rings. The Morgan fingerprint density at radius 3 is 1.33 bits per heavy atom. The van der Waals surface area contributed by atoms with Crippen LogP contribution in [0.1, 0.15) is 11.1 Å². The first-order chi connectivity index (χ1) is 17.4. The molecule has 0 atom stereocenters. The van der Waals surface area contributed by atoms with Gasteiger partial charge in [-0.2, -0.15) is 0 Å². The van der Waals surface area contributed by atoms with Gasteiger partial charge in [0, 0.05) is 45.1 Å². The fourth-order valence-corrected chi connectivity index (χ4v) is 4.57. The van der Waals surface area contributed by atoms with Crippen molar-refractivity contribution in [2.24, 2.45) is 0 Å². The van der Waals surface area contributed by atoms with Gasteiger partial charge in [0.25, 0.3) is 0 Å². The number of hydrogen-bond acceptors (Lipinski definition) is 2. The number of anilines is 4. The molecule has 0 N–H and O–H groups in total. The second-order valence-corrected chi connectivity index (χ2v) is 8.56. The Balaban J connectivity index is 0.000000155. The largest absolute Gasteiger partial charge is 0.657 e. The maximum atomic E-state index is 4.61. The normalized spacial score (nSPS) is 12.7. The van der Waals surface area contributed by atoms with Gasteiger partial charge in [-0.3, -0.25) is 0 Å². The van der Waals surface area contributed by atoms with Crippen LogP contribution in [0.2, 0.25) is 0 Å². The van der Waals surface area contributed by atoms with Gasteiger partial charge in [0.15, 0.2) is 0 Å². The minimum absolute atomic E-state index is 0. The maximum absolute atomic E-state index is 4.61. The van der Waals surface area contributed by atoms with Crippen LogP contribution in [-0.2, 0) is 28.8 Å². The molecule has 5 aromatic rings. The molecular weight excluding hydrogens is 623 g/mol. The minimum atomic E-state index is 0. The van der Waals surface area contributed by atoms with Gasteiger partial charge < -0.3 is 15.1 Å². The van der Waals surface area contributed by atoms with Gasteiger partial charge >= 0.3 is 0 Å². The summed E-state index contributed by atoms with van der Waals surface area (Å²) in [5, 5.41) is 4.61. The van der Waals surface area contributed by atoms with Crippen molar-refractivity contribution in [1.29, 1.82) is 0 Å². The Kier molecular flexibility index (Phi) is 7.24. The zero-order valence-electron chi connectivity index (χ0n) is 19.6. The second kappa shape index (κ2) is 10.9. The zero-order valence-corrected chi connectivity index (χ0v) is 21.8. The Morgan fingerprint density at radius 2 is 0.861 bits per heavy atom. The van der Waals surface area contributed by atoms with Crippen LogP contribution < -0.4 is 9.80 Å². The van der Waals surface area contributed by atoms with Crippen molar-refractivity contribution in [3.05, 3.63) is 157 Å². The van der Waals surface area contributed by atoms with E-state index in [2.05, 4.69) is 131 Å². The number of para-hydroxylation sites is 6. The molecule has 0 aromatic heterocycles. The molecule has 0 spiro atoms. The Labute approximate surface area is 228 Å². The maximum Gasteiger partial charge on any atom is 0.0345 e. The van der Waals surface area contributed by atoms with Crippen molar-refractivity contribution >= 4 is 34.1 Å².